The van der Waals surface area contributed by atoms with E-state index in [1.165, 1.54) is 19.1 Å². The minimum atomic E-state index is -0.935. The van der Waals surface area contributed by atoms with Crippen molar-refractivity contribution in [1.29, 1.82) is 5.26 Å². The predicted octanol–water partition coefficient (Wildman–Crippen LogP) is 3.53. The smallest absolute Gasteiger partial charge is 0.271 e. The lowest BCUT2D eigenvalue weighted by Crippen LogP contribution is -2.30. The summed E-state index contributed by atoms with van der Waals surface area (Å²) in [7, 11) is 0. The number of nitrogens with zero attached hydrogens (tertiary/aromatic N) is 2. The van der Waals surface area contributed by atoms with Crippen molar-refractivity contribution in [2.24, 2.45) is 0 Å². The first kappa shape index (κ1) is 17.2. The number of carbonyl (C=O) groups excluding carboxylic acids is 1. The van der Waals surface area contributed by atoms with Gasteiger partial charge in [-0.05, 0) is 25.1 Å². The molecule has 0 aliphatic carbocycles. The number of benzene rings is 2. The van der Waals surface area contributed by atoms with Crippen LogP contribution in [0.25, 0.3) is 0 Å². The van der Waals surface area contributed by atoms with Crippen molar-refractivity contribution in [1.82, 2.24) is 0 Å². The zero-order valence-electron chi connectivity index (χ0n) is 12.5. The number of rotatable bonds is 5. The first-order valence-corrected chi connectivity index (χ1v) is 7.20. The van der Waals surface area contributed by atoms with Crippen LogP contribution in [0.1, 0.15) is 12.5 Å². The van der Waals surface area contributed by atoms with Gasteiger partial charge in [-0.3, -0.25) is 14.9 Å². The van der Waals surface area contributed by atoms with E-state index in [1.807, 2.05) is 6.07 Å². The Balaban J connectivity index is 2.14. The Kier molecular flexibility index (Phi) is 5.35. The normalized spacial score (nSPS) is 11.2. The van der Waals surface area contributed by atoms with E-state index in [9.17, 15) is 14.9 Å². The Bertz CT molecular complexity index is 832. The highest BCUT2D eigenvalue weighted by atomic mass is 35.5. The number of nitriles is 1. The number of amides is 1. The molecule has 2 rings (SSSR count). The summed E-state index contributed by atoms with van der Waals surface area (Å²) in [4.78, 5) is 22.4. The molecule has 0 aromatic heterocycles. The summed E-state index contributed by atoms with van der Waals surface area (Å²) in [5.74, 6) is -0.280. The SMILES string of the molecule is C[C@@H](Oc1ccccc1C#N)C(=O)Nc1cc([N+](=O)[O-])ccc1Cl. The number of non-ortho nitro benzene ring substituents is 1. The predicted molar refractivity (Wildman–Crippen MR) is 88.0 cm³/mol. The van der Waals surface area contributed by atoms with Crippen molar-refractivity contribution in [2.75, 3.05) is 5.32 Å². The molecular formula is C16H12ClN3O4. The number of para-hydroxylation sites is 1. The number of hydrogen-bond acceptors (Lipinski definition) is 5. The summed E-state index contributed by atoms with van der Waals surface area (Å²) >= 11 is 5.94. The number of nitro groups is 1. The minimum absolute atomic E-state index is 0.111. The van der Waals surface area contributed by atoms with E-state index >= 15 is 0 Å². The van der Waals surface area contributed by atoms with Crippen LogP contribution in [0, 0.1) is 21.4 Å². The highest BCUT2D eigenvalue weighted by Gasteiger charge is 2.19. The van der Waals surface area contributed by atoms with Gasteiger partial charge in [-0.2, -0.15) is 5.26 Å². The third-order valence-electron chi connectivity index (χ3n) is 3.10. The molecular weight excluding hydrogens is 334 g/mol. The molecule has 0 saturated heterocycles. The van der Waals surface area contributed by atoms with Crippen molar-refractivity contribution >= 4 is 28.9 Å². The van der Waals surface area contributed by atoms with Crippen LogP contribution in [0.2, 0.25) is 5.02 Å². The van der Waals surface area contributed by atoms with Crippen molar-refractivity contribution in [2.45, 2.75) is 13.0 Å². The molecule has 7 nitrogen and oxygen atoms in total. The average molecular weight is 346 g/mol. The Labute approximate surface area is 142 Å². The highest BCUT2D eigenvalue weighted by molar-refractivity contribution is 6.33. The van der Waals surface area contributed by atoms with Gasteiger partial charge in [0.25, 0.3) is 11.6 Å². The van der Waals surface area contributed by atoms with Gasteiger partial charge >= 0.3 is 0 Å². The van der Waals surface area contributed by atoms with Gasteiger partial charge in [0.15, 0.2) is 6.10 Å². The molecule has 0 spiro atoms. The van der Waals surface area contributed by atoms with Gasteiger partial charge in [-0.15, -0.1) is 0 Å². The fourth-order valence-electron chi connectivity index (χ4n) is 1.86. The zero-order valence-corrected chi connectivity index (χ0v) is 13.3. The minimum Gasteiger partial charge on any atom is -0.480 e. The first-order chi connectivity index (χ1) is 11.4. The Hall–Kier alpha value is -3.11. The first-order valence-electron chi connectivity index (χ1n) is 6.83. The second-order valence-corrected chi connectivity index (χ2v) is 5.19. The van der Waals surface area contributed by atoms with Gasteiger partial charge in [0.2, 0.25) is 0 Å². The Morgan fingerprint density at radius 1 is 1.38 bits per heavy atom. The van der Waals surface area contributed by atoms with Crippen LogP contribution in [-0.4, -0.2) is 16.9 Å². The molecule has 24 heavy (non-hydrogen) atoms. The van der Waals surface area contributed by atoms with Gasteiger partial charge in [0.1, 0.15) is 11.8 Å². The fraction of sp³-hybridized carbons (Fsp3) is 0.125. The molecule has 0 aliphatic rings. The molecule has 0 aliphatic heterocycles. The van der Waals surface area contributed by atoms with Crippen LogP contribution in [-0.2, 0) is 4.79 Å². The topological polar surface area (TPSA) is 105 Å². The van der Waals surface area contributed by atoms with Crippen molar-refractivity contribution in [3.63, 3.8) is 0 Å². The van der Waals surface area contributed by atoms with Crippen LogP contribution in [0.5, 0.6) is 5.75 Å². The van der Waals surface area contributed by atoms with Gasteiger partial charge < -0.3 is 10.1 Å². The van der Waals surface area contributed by atoms with Crippen LogP contribution in [0.3, 0.4) is 0 Å². The highest BCUT2D eigenvalue weighted by Crippen LogP contribution is 2.27. The maximum atomic E-state index is 12.2. The molecule has 2 aromatic carbocycles. The summed E-state index contributed by atoms with van der Waals surface area (Å²) in [5.41, 5.74) is 0.212. The van der Waals surface area contributed by atoms with E-state index in [4.69, 9.17) is 21.6 Å². The molecule has 0 heterocycles. The van der Waals surface area contributed by atoms with Crippen LogP contribution in [0.15, 0.2) is 42.5 Å². The van der Waals surface area contributed by atoms with Gasteiger partial charge in [-0.25, -0.2) is 0 Å². The van der Waals surface area contributed by atoms with Crippen molar-refractivity contribution in [3.05, 3.63) is 63.2 Å². The number of nitrogens with one attached hydrogen (secondary N) is 1. The second-order valence-electron chi connectivity index (χ2n) is 4.78. The molecule has 0 radical (unpaired) electrons. The lowest BCUT2D eigenvalue weighted by Gasteiger charge is -2.16. The van der Waals surface area contributed by atoms with Gasteiger partial charge in [0, 0.05) is 12.1 Å². The standard InChI is InChI=1S/C16H12ClN3O4/c1-10(24-15-5-3-2-4-11(15)9-18)16(21)19-14-8-12(20(22)23)6-7-13(14)17/h2-8,10H,1H3,(H,19,21)/t10-/m1/s1. The maximum absolute atomic E-state index is 12.2. The zero-order chi connectivity index (χ0) is 17.7. The van der Waals surface area contributed by atoms with E-state index < -0.39 is 16.9 Å². The Morgan fingerprint density at radius 2 is 2.08 bits per heavy atom. The maximum Gasteiger partial charge on any atom is 0.271 e. The molecule has 0 bridgehead atoms. The van der Waals surface area contributed by atoms with Crippen LogP contribution in [0.4, 0.5) is 11.4 Å². The number of halogens is 1. The molecule has 2 aromatic rings. The molecule has 1 atom stereocenters. The van der Waals surface area contributed by atoms with Crippen molar-refractivity contribution < 1.29 is 14.5 Å². The number of carbonyl (C=O) groups is 1. The summed E-state index contributed by atoms with van der Waals surface area (Å²) in [5, 5.41) is 22.4. The molecule has 8 heteroatoms. The fourth-order valence-corrected chi connectivity index (χ4v) is 2.03. The van der Waals surface area contributed by atoms with E-state index in [-0.39, 0.29) is 22.1 Å². The van der Waals surface area contributed by atoms with Crippen LogP contribution >= 0.6 is 11.6 Å². The lowest BCUT2D eigenvalue weighted by atomic mass is 10.2. The monoisotopic (exact) mass is 345 g/mol. The Morgan fingerprint density at radius 3 is 2.75 bits per heavy atom. The molecule has 0 fully saturated rings. The number of nitro benzene ring substituents is 1. The van der Waals surface area contributed by atoms with E-state index in [1.54, 1.807) is 24.3 Å². The van der Waals surface area contributed by atoms with Crippen LogP contribution < -0.4 is 10.1 Å². The van der Waals surface area contributed by atoms with Crippen molar-refractivity contribution in [3.8, 4) is 11.8 Å². The number of ether oxygens (including phenoxy) is 1. The number of anilines is 1. The van der Waals surface area contributed by atoms with E-state index in [2.05, 4.69) is 5.32 Å². The number of hydrogen-bond donors (Lipinski definition) is 1. The summed E-state index contributed by atoms with van der Waals surface area (Å²) in [6.07, 6.45) is -0.935. The molecule has 0 unspecified atom stereocenters. The lowest BCUT2D eigenvalue weighted by molar-refractivity contribution is -0.384. The third-order valence-corrected chi connectivity index (χ3v) is 3.43. The third kappa shape index (κ3) is 4.00. The largest absolute Gasteiger partial charge is 0.480 e. The average Bonchev–Trinajstić information content (AvgIpc) is 2.57. The quantitative estimate of drug-likeness (QED) is 0.659. The molecule has 0 saturated carbocycles. The molecule has 122 valence electrons. The second kappa shape index (κ2) is 7.44. The van der Waals surface area contributed by atoms with Gasteiger partial charge in [-0.1, -0.05) is 23.7 Å². The molecule has 1 amide bonds. The van der Waals surface area contributed by atoms with E-state index in [0.717, 1.165) is 6.07 Å². The summed E-state index contributed by atoms with van der Waals surface area (Å²) in [6.45, 7) is 1.49. The van der Waals surface area contributed by atoms with E-state index in [0.29, 0.717) is 5.56 Å². The summed E-state index contributed by atoms with van der Waals surface area (Å²) < 4.78 is 5.48. The van der Waals surface area contributed by atoms with Gasteiger partial charge in [0.05, 0.1) is 21.2 Å². The molecule has 1 N–H and O–H groups in total. The summed E-state index contributed by atoms with van der Waals surface area (Å²) in [6, 6.07) is 12.2.